The minimum atomic E-state index is -3.91. The highest BCUT2D eigenvalue weighted by Crippen LogP contribution is 2.38. The summed E-state index contributed by atoms with van der Waals surface area (Å²) in [4.78, 5) is 13.3. The highest BCUT2D eigenvalue weighted by Gasteiger charge is 2.38. The van der Waals surface area contributed by atoms with E-state index in [0.717, 1.165) is 16.9 Å². The summed E-state index contributed by atoms with van der Waals surface area (Å²) >= 11 is 2.78. The van der Waals surface area contributed by atoms with Gasteiger partial charge in [0.15, 0.2) is 10.4 Å². The van der Waals surface area contributed by atoms with Gasteiger partial charge in [-0.3, -0.25) is 14.4 Å². The molecule has 5 rings (SSSR count). The van der Waals surface area contributed by atoms with E-state index >= 15 is 0 Å². The zero-order valence-electron chi connectivity index (χ0n) is 19.2. The second-order valence-electron chi connectivity index (χ2n) is 8.06. The van der Waals surface area contributed by atoms with E-state index in [-0.39, 0.29) is 11.4 Å². The number of rotatable bonds is 7. The fraction of sp³-hybridized carbons (Fsp3) is 0.160. The summed E-state index contributed by atoms with van der Waals surface area (Å²) < 4.78 is 34.8. The van der Waals surface area contributed by atoms with Crippen molar-refractivity contribution in [2.75, 3.05) is 16.2 Å². The average molecular weight is 539 g/mol. The number of carbonyl (C=O) groups excluding carboxylic acids is 1. The molecule has 36 heavy (non-hydrogen) atoms. The lowest BCUT2D eigenvalue weighted by molar-refractivity contribution is -0.122. The Hall–Kier alpha value is -3.41. The van der Waals surface area contributed by atoms with Gasteiger partial charge in [-0.1, -0.05) is 77.7 Å². The summed E-state index contributed by atoms with van der Waals surface area (Å²) in [6, 6.07) is 23.4. The molecule has 0 unspecified atom stereocenters. The van der Waals surface area contributed by atoms with Gasteiger partial charge in [0.1, 0.15) is 5.75 Å². The molecule has 0 aliphatic carbocycles. The van der Waals surface area contributed by atoms with Crippen LogP contribution in [0.4, 0.5) is 10.8 Å². The Balaban J connectivity index is 1.34. The van der Waals surface area contributed by atoms with Crippen LogP contribution < -0.4 is 14.4 Å². The van der Waals surface area contributed by atoms with Crippen molar-refractivity contribution in [2.24, 2.45) is 0 Å². The molecule has 2 heterocycles. The van der Waals surface area contributed by atoms with Crippen LogP contribution in [0.2, 0.25) is 0 Å². The molecule has 1 N–H and O–H groups in total. The maximum absolute atomic E-state index is 13.5. The molecule has 1 aliphatic rings. The smallest absolute Gasteiger partial charge is 0.269 e. The molecule has 1 atom stereocenters. The molecule has 1 amide bonds. The van der Waals surface area contributed by atoms with Gasteiger partial charge in [-0.05, 0) is 42.3 Å². The predicted molar refractivity (Wildman–Crippen MR) is 141 cm³/mol. The van der Waals surface area contributed by atoms with Gasteiger partial charge in [0.25, 0.3) is 15.9 Å². The van der Waals surface area contributed by atoms with E-state index in [0.29, 0.717) is 20.9 Å². The van der Waals surface area contributed by atoms with Crippen molar-refractivity contribution in [1.29, 1.82) is 0 Å². The Morgan fingerprint density at radius 1 is 1.08 bits per heavy atom. The van der Waals surface area contributed by atoms with E-state index in [9.17, 15) is 13.2 Å². The summed E-state index contributed by atoms with van der Waals surface area (Å²) in [5.74, 6) is 0.570. The van der Waals surface area contributed by atoms with Crippen LogP contribution in [0.3, 0.4) is 0 Å². The second kappa shape index (κ2) is 10.3. The highest BCUT2D eigenvalue weighted by atomic mass is 32.2. The number of fused-ring (bicyclic) bond motifs is 1. The quantitative estimate of drug-likeness (QED) is 0.268. The van der Waals surface area contributed by atoms with Crippen LogP contribution in [-0.2, 0) is 20.6 Å². The van der Waals surface area contributed by atoms with Gasteiger partial charge in [-0.15, -0.1) is 10.2 Å². The van der Waals surface area contributed by atoms with Gasteiger partial charge in [0, 0.05) is 5.75 Å². The number of benzene rings is 3. The third-order valence-electron chi connectivity index (χ3n) is 5.45. The molecule has 0 spiro atoms. The first kappa shape index (κ1) is 24.3. The maximum atomic E-state index is 13.5. The lowest BCUT2D eigenvalue weighted by Crippen LogP contribution is -2.48. The largest absolute Gasteiger partial charge is 0.476 e. The first-order chi connectivity index (χ1) is 17.4. The molecule has 1 aromatic heterocycles. The van der Waals surface area contributed by atoms with E-state index in [1.165, 1.54) is 39.5 Å². The number of hydrogen-bond acceptors (Lipinski definition) is 8. The molecular weight excluding hydrogens is 517 g/mol. The summed E-state index contributed by atoms with van der Waals surface area (Å²) in [6.07, 6.45) is -1.07. The number of nitrogens with one attached hydrogen (secondary N) is 1. The van der Waals surface area contributed by atoms with Crippen LogP contribution in [0.1, 0.15) is 11.1 Å². The summed E-state index contributed by atoms with van der Waals surface area (Å²) in [6.45, 7) is 1.70. The Morgan fingerprint density at radius 3 is 2.56 bits per heavy atom. The van der Waals surface area contributed by atoms with Gasteiger partial charge >= 0.3 is 0 Å². The number of hydrogen-bond donors (Lipinski definition) is 1. The lowest BCUT2D eigenvalue weighted by atomic mass is 10.1. The minimum Gasteiger partial charge on any atom is -0.476 e. The first-order valence-corrected chi connectivity index (χ1v) is 14.3. The van der Waals surface area contributed by atoms with E-state index in [2.05, 4.69) is 15.5 Å². The third kappa shape index (κ3) is 5.23. The molecular formula is C25H22N4O4S3. The highest BCUT2D eigenvalue weighted by molar-refractivity contribution is 8.00. The van der Waals surface area contributed by atoms with Gasteiger partial charge in [-0.25, -0.2) is 8.42 Å². The van der Waals surface area contributed by atoms with Crippen LogP contribution >= 0.6 is 23.1 Å². The number of aryl methyl sites for hydroxylation is 1. The zero-order chi connectivity index (χ0) is 25.1. The van der Waals surface area contributed by atoms with Crippen molar-refractivity contribution in [3.05, 3.63) is 90.0 Å². The van der Waals surface area contributed by atoms with Crippen LogP contribution in [-0.4, -0.2) is 37.2 Å². The van der Waals surface area contributed by atoms with E-state index < -0.39 is 22.0 Å². The predicted octanol–water partition coefficient (Wildman–Crippen LogP) is 4.73. The summed E-state index contributed by atoms with van der Waals surface area (Å²) in [5.41, 5.74) is 2.44. The van der Waals surface area contributed by atoms with E-state index in [1.807, 2.05) is 43.3 Å². The zero-order valence-corrected chi connectivity index (χ0v) is 21.6. The number of ether oxygens (including phenoxy) is 1. The maximum Gasteiger partial charge on any atom is 0.269 e. The van der Waals surface area contributed by atoms with Crippen LogP contribution in [0, 0.1) is 6.92 Å². The topological polar surface area (TPSA) is 101 Å². The molecule has 11 heteroatoms. The van der Waals surface area contributed by atoms with Crippen LogP contribution in [0.5, 0.6) is 5.75 Å². The number of thioether (sulfide) groups is 1. The Labute approximate surface area is 217 Å². The van der Waals surface area contributed by atoms with Crippen molar-refractivity contribution in [3.8, 4) is 5.75 Å². The number of anilines is 2. The van der Waals surface area contributed by atoms with E-state index in [1.54, 1.807) is 30.3 Å². The van der Waals surface area contributed by atoms with Gasteiger partial charge in [0.2, 0.25) is 5.13 Å². The van der Waals surface area contributed by atoms with Gasteiger partial charge in [-0.2, -0.15) is 0 Å². The lowest BCUT2D eigenvalue weighted by Gasteiger charge is -2.34. The fourth-order valence-corrected chi connectivity index (χ4v) is 6.88. The molecule has 0 bridgehead atoms. The monoisotopic (exact) mass is 538 g/mol. The molecule has 1 aliphatic heterocycles. The Morgan fingerprint density at radius 2 is 1.81 bits per heavy atom. The molecule has 8 nitrogen and oxygen atoms in total. The fourth-order valence-electron chi connectivity index (χ4n) is 3.67. The standard InChI is InChI=1S/C25H22N4O4S3/c1-17-12-13-20-21(14-17)33-22(15-29(20)36(31,32)19-10-6-3-7-11-19)23(30)26-24-27-28-25(35-24)34-16-18-8-4-2-5-9-18/h2-14,22H,15-16H2,1H3,(H,26,27,30)/t22-/m1/s1. The second-order valence-corrected chi connectivity index (χ2v) is 12.1. The number of sulfonamides is 1. The molecule has 0 fully saturated rings. The molecule has 0 saturated carbocycles. The summed E-state index contributed by atoms with van der Waals surface area (Å²) in [5, 5.41) is 11.3. The molecule has 0 radical (unpaired) electrons. The van der Waals surface area contributed by atoms with Crippen molar-refractivity contribution >= 4 is 49.8 Å². The van der Waals surface area contributed by atoms with Crippen LogP contribution in [0.25, 0.3) is 0 Å². The molecule has 0 saturated heterocycles. The number of aromatic nitrogens is 2. The van der Waals surface area contributed by atoms with Crippen LogP contribution in [0.15, 0.2) is 88.1 Å². The average Bonchev–Trinajstić information content (AvgIpc) is 3.34. The Kier molecular flexibility index (Phi) is 6.95. The number of carbonyl (C=O) groups is 1. The van der Waals surface area contributed by atoms with Gasteiger partial charge in [0.05, 0.1) is 17.1 Å². The molecule has 3 aromatic carbocycles. The van der Waals surface area contributed by atoms with Crippen molar-refractivity contribution < 1.29 is 17.9 Å². The SMILES string of the molecule is Cc1ccc2c(c1)O[C@@H](C(=O)Nc1nnc(SCc3ccccc3)s1)CN2S(=O)(=O)c1ccccc1. The van der Waals surface area contributed by atoms with Crippen molar-refractivity contribution in [2.45, 2.75) is 28.0 Å². The molecule has 4 aromatic rings. The van der Waals surface area contributed by atoms with Crippen molar-refractivity contribution in [3.63, 3.8) is 0 Å². The van der Waals surface area contributed by atoms with E-state index in [4.69, 9.17) is 4.74 Å². The van der Waals surface area contributed by atoms with Crippen molar-refractivity contribution in [1.82, 2.24) is 10.2 Å². The third-order valence-corrected chi connectivity index (χ3v) is 9.29. The summed E-state index contributed by atoms with van der Waals surface area (Å²) in [7, 11) is -3.91. The normalized spacial score (nSPS) is 15.1. The number of amides is 1. The molecule has 184 valence electrons. The van der Waals surface area contributed by atoms with Gasteiger partial charge < -0.3 is 4.74 Å². The minimum absolute atomic E-state index is 0.141. The number of nitrogens with zero attached hydrogens (tertiary/aromatic N) is 3. The Bertz CT molecular complexity index is 1480. The first-order valence-electron chi connectivity index (χ1n) is 11.1.